The van der Waals surface area contributed by atoms with Crippen molar-refractivity contribution in [3.8, 4) is 11.1 Å². The van der Waals surface area contributed by atoms with Crippen molar-refractivity contribution in [3.05, 3.63) is 71.5 Å². The van der Waals surface area contributed by atoms with Crippen LogP contribution in [0.4, 0.5) is 10.5 Å². The third kappa shape index (κ3) is 3.03. The molecule has 2 heterocycles. The zero-order valence-corrected chi connectivity index (χ0v) is 16.2. The number of nitrogens with one attached hydrogen (secondary N) is 1. The van der Waals surface area contributed by atoms with Crippen LogP contribution in [0, 0.1) is 0 Å². The highest BCUT2D eigenvalue weighted by Crippen LogP contribution is 2.44. The lowest BCUT2D eigenvalue weighted by atomic mass is 9.98. The van der Waals surface area contributed by atoms with Crippen LogP contribution in [0.1, 0.15) is 35.6 Å². The number of H-pyrrole nitrogens is 1. The second-order valence-corrected chi connectivity index (χ2v) is 7.70. The van der Waals surface area contributed by atoms with Crippen LogP contribution in [0.5, 0.6) is 0 Å². The number of aromatic nitrogens is 2. The fourth-order valence-electron chi connectivity index (χ4n) is 4.64. The average Bonchev–Trinajstić information content (AvgIpc) is 3.34. The van der Waals surface area contributed by atoms with Gasteiger partial charge in [0.25, 0.3) is 0 Å². The van der Waals surface area contributed by atoms with Gasteiger partial charge >= 0.3 is 12.1 Å². The summed E-state index contributed by atoms with van der Waals surface area (Å²) in [5, 5.41) is 16.2. The van der Waals surface area contributed by atoms with Crippen LogP contribution in [0.15, 0.2) is 54.7 Å². The molecule has 1 aliphatic carbocycles. The highest BCUT2D eigenvalue weighted by atomic mass is 16.6. The lowest BCUT2D eigenvalue weighted by Gasteiger charge is -2.33. The number of fused-ring (bicyclic) bond motifs is 4. The second kappa shape index (κ2) is 7.33. The number of ether oxygens (including phenoxy) is 1. The topological polar surface area (TPSA) is 95.5 Å². The van der Waals surface area contributed by atoms with Crippen LogP contribution in [0.2, 0.25) is 0 Å². The van der Waals surface area contributed by atoms with E-state index in [0.717, 1.165) is 27.9 Å². The van der Waals surface area contributed by atoms with Gasteiger partial charge in [-0.05, 0) is 35.1 Å². The molecule has 0 spiro atoms. The van der Waals surface area contributed by atoms with Gasteiger partial charge in [-0.1, -0.05) is 48.5 Å². The third-order valence-corrected chi connectivity index (χ3v) is 5.99. The van der Waals surface area contributed by atoms with Gasteiger partial charge in [-0.25, -0.2) is 4.79 Å². The van der Waals surface area contributed by atoms with Crippen molar-refractivity contribution >= 4 is 17.7 Å². The van der Waals surface area contributed by atoms with Crippen LogP contribution in [-0.4, -0.2) is 40.0 Å². The first-order valence-corrected chi connectivity index (χ1v) is 10.0. The summed E-state index contributed by atoms with van der Waals surface area (Å²) in [5.74, 6) is -0.990. The largest absolute Gasteiger partial charge is 0.481 e. The summed E-state index contributed by atoms with van der Waals surface area (Å²) in [6.07, 6.45) is 2.09. The van der Waals surface area contributed by atoms with Crippen LogP contribution < -0.4 is 4.90 Å². The number of carboxylic acids is 1. The number of nitrogens with zero attached hydrogens (tertiary/aromatic N) is 2. The molecule has 1 unspecified atom stereocenters. The lowest BCUT2D eigenvalue weighted by molar-refractivity contribution is -0.137. The maximum absolute atomic E-state index is 13.1. The molecule has 30 heavy (non-hydrogen) atoms. The second-order valence-electron chi connectivity index (χ2n) is 7.70. The van der Waals surface area contributed by atoms with Crippen molar-refractivity contribution in [3.63, 3.8) is 0 Å². The average molecular weight is 403 g/mol. The molecule has 0 bridgehead atoms. The van der Waals surface area contributed by atoms with Gasteiger partial charge in [0.1, 0.15) is 6.61 Å². The fourth-order valence-corrected chi connectivity index (χ4v) is 4.64. The van der Waals surface area contributed by atoms with E-state index in [1.807, 2.05) is 24.3 Å². The minimum atomic E-state index is -0.941. The molecule has 0 radical (unpaired) electrons. The van der Waals surface area contributed by atoms with Crippen molar-refractivity contribution in [1.82, 2.24) is 10.2 Å². The Hall–Kier alpha value is -3.61. The third-order valence-electron chi connectivity index (χ3n) is 5.99. The number of aromatic amines is 1. The highest BCUT2D eigenvalue weighted by Gasteiger charge is 2.36. The number of amides is 1. The summed E-state index contributed by atoms with van der Waals surface area (Å²) in [7, 11) is 0. The van der Waals surface area contributed by atoms with Gasteiger partial charge in [-0.15, -0.1) is 0 Å². The summed E-state index contributed by atoms with van der Waals surface area (Å²) in [4.78, 5) is 25.9. The standard InChI is InChI=1S/C23H21N3O4/c27-22(28)11-14-9-10-20-21(12-24-25-20)26(14)23(29)30-13-19-17-7-3-1-5-15(17)16-6-2-4-8-18(16)19/h1-8,12,14,19H,9-11,13H2,(H,24,25)(H,27,28). The summed E-state index contributed by atoms with van der Waals surface area (Å²) in [6, 6.07) is 15.8. The summed E-state index contributed by atoms with van der Waals surface area (Å²) in [6.45, 7) is 0.191. The zero-order chi connectivity index (χ0) is 20.7. The maximum atomic E-state index is 13.1. The van der Waals surface area contributed by atoms with E-state index in [4.69, 9.17) is 4.74 Å². The van der Waals surface area contributed by atoms with E-state index >= 15 is 0 Å². The first kappa shape index (κ1) is 18.4. The molecule has 152 valence electrons. The molecule has 3 aromatic rings. The van der Waals surface area contributed by atoms with Crippen LogP contribution in [0.3, 0.4) is 0 Å². The van der Waals surface area contributed by atoms with Gasteiger partial charge in [-0.3, -0.25) is 14.8 Å². The van der Waals surface area contributed by atoms with Crippen molar-refractivity contribution in [2.24, 2.45) is 0 Å². The first-order chi connectivity index (χ1) is 14.6. The van der Waals surface area contributed by atoms with E-state index in [1.165, 1.54) is 4.90 Å². The van der Waals surface area contributed by atoms with Gasteiger partial charge in [0.2, 0.25) is 0 Å². The van der Waals surface area contributed by atoms with Crippen LogP contribution in [0.25, 0.3) is 11.1 Å². The molecule has 0 saturated carbocycles. The summed E-state index contributed by atoms with van der Waals surface area (Å²) >= 11 is 0. The van der Waals surface area contributed by atoms with Gasteiger partial charge in [0.05, 0.1) is 30.0 Å². The van der Waals surface area contributed by atoms with Gasteiger partial charge in [-0.2, -0.15) is 5.10 Å². The molecule has 7 heteroatoms. The van der Waals surface area contributed by atoms with E-state index in [1.54, 1.807) is 6.20 Å². The number of aliphatic carboxylic acids is 1. The number of hydrogen-bond acceptors (Lipinski definition) is 4. The number of benzene rings is 2. The summed E-state index contributed by atoms with van der Waals surface area (Å²) in [5.41, 5.74) is 6.02. The summed E-state index contributed by atoms with van der Waals surface area (Å²) < 4.78 is 5.77. The number of aryl methyl sites for hydroxylation is 1. The number of carboxylic acid groups (broad SMARTS) is 1. The molecular weight excluding hydrogens is 382 g/mol. The number of carbonyl (C=O) groups is 2. The number of hydrogen-bond donors (Lipinski definition) is 2. The molecule has 5 rings (SSSR count). The van der Waals surface area contributed by atoms with Crippen molar-refractivity contribution in [2.75, 3.05) is 11.5 Å². The Balaban J connectivity index is 1.40. The minimum absolute atomic E-state index is 0.0483. The van der Waals surface area contributed by atoms with E-state index in [-0.39, 0.29) is 18.9 Å². The zero-order valence-electron chi connectivity index (χ0n) is 16.2. The fraction of sp³-hybridized carbons (Fsp3) is 0.261. The predicted octanol–water partition coefficient (Wildman–Crippen LogP) is 3.95. The van der Waals surface area contributed by atoms with Gasteiger partial charge in [0.15, 0.2) is 0 Å². The van der Waals surface area contributed by atoms with E-state index < -0.39 is 18.1 Å². The smallest absolute Gasteiger partial charge is 0.414 e. The molecule has 0 saturated heterocycles. The monoisotopic (exact) mass is 403 g/mol. The molecule has 2 aromatic carbocycles. The van der Waals surface area contributed by atoms with Crippen LogP contribution >= 0.6 is 0 Å². The molecule has 1 amide bonds. The molecule has 2 aliphatic rings. The Labute approximate surface area is 173 Å². The lowest BCUT2D eigenvalue weighted by Crippen LogP contribution is -2.45. The Morgan fingerprint density at radius 2 is 1.77 bits per heavy atom. The predicted molar refractivity (Wildman–Crippen MR) is 110 cm³/mol. The van der Waals surface area contributed by atoms with Gasteiger partial charge < -0.3 is 9.84 Å². The van der Waals surface area contributed by atoms with E-state index in [9.17, 15) is 14.7 Å². The Morgan fingerprint density at radius 1 is 1.10 bits per heavy atom. The first-order valence-electron chi connectivity index (χ1n) is 10.0. The maximum Gasteiger partial charge on any atom is 0.414 e. The quantitative estimate of drug-likeness (QED) is 0.688. The molecule has 1 atom stereocenters. The molecule has 2 N–H and O–H groups in total. The minimum Gasteiger partial charge on any atom is -0.481 e. The van der Waals surface area contributed by atoms with Crippen LogP contribution in [-0.2, 0) is 16.0 Å². The SMILES string of the molecule is O=C(O)CC1CCc2[nH]ncc2N1C(=O)OCC1c2ccccc2-c2ccccc21. The highest BCUT2D eigenvalue weighted by molar-refractivity contribution is 5.90. The van der Waals surface area contributed by atoms with E-state index in [0.29, 0.717) is 18.5 Å². The van der Waals surface area contributed by atoms with Crippen molar-refractivity contribution < 1.29 is 19.4 Å². The molecule has 1 aliphatic heterocycles. The number of carbonyl (C=O) groups excluding carboxylic acids is 1. The number of anilines is 1. The van der Waals surface area contributed by atoms with Crippen molar-refractivity contribution in [1.29, 1.82) is 0 Å². The van der Waals surface area contributed by atoms with Crippen molar-refractivity contribution in [2.45, 2.75) is 31.2 Å². The Morgan fingerprint density at radius 3 is 2.43 bits per heavy atom. The van der Waals surface area contributed by atoms with E-state index in [2.05, 4.69) is 34.5 Å². The Kier molecular flexibility index (Phi) is 4.50. The van der Waals surface area contributed by atoms with Gasteiger partial charge in [0, 0.05) is 5.92 Å². The molecule has 0 fully saturated rings. The molecule has 1 aromatic heterocycles. The Bertz CT molecular complexity index is 1080. The molecule has 7 nitrogen and oxygen atoms in total. The normalized spacial score (nSPS) is 17.2. The molecular formula is C23H21N3O4. The number of rotatable bonds is 4.